The number of aromatic nitrogens is 2. The number of likely N-dealkylation sites (N-methyl/N-ethyl adjacent to an activating group) is 1. The lowest BCUT2D eigenvalue weighted by molar-refractivity contribution is -0.118. The molecule has 2 N–H and O–H groups in total. The lowest BCUT2D eigenvalue weighted by Crippen LogP contribution is -2.18. The highest BCUT2D eigenvalue weighted by molar-refractivity contribution is 5.90. The maximum atomic E-state index is 13.1. The maximum Gasteiger partial charge on any atom is 0.227 e. The Morgan fingerprint density at radius 2 is 2.26 bits per heavy atom. The van der Waals surface area contributed by atoms with Crippen LogP contribution in [0.25, 0.3) is 0 Å². The largest absolute Gasteiger partial charge is 0.388 e. The number of benzene rings is 1. The normalized spacial score (nSPS) is 12.4. The molecule has 7 heteroatoms. The Morgan fingerprint density at radius 3 is 2.96 bits per heavy atom. The van der Waals surface area contributed by atoms with E-state index in [1.165, 1.54) is 18.2 Å². The molecule has 1 amide bonds. The van der Waals surface area contributed by atoms with Crippen molar-refractivity contribution < 1.29 is 14.3 Å². The third kappa shape index (κ3) is 5.46. The highest BCUT2D eigenvalue weighted by Crippen LogP contribution is 2.18. The van der Waals surface area contributed by atoms with Crippen molar-refractivity contribution in [3.8, 4) is 0 Å². The van der Waals surface area contributed by atoms with E-state index in [9.17, 15) is 14.3 Å². The highest BCUT2D eigenvalue weighted by Gasteiger charge is 2.14. The van der Waals surface area contributed by atoms with E-state index in [2.05, 4.69) is 10.4 Å². The zero-order chi connectivity index (χ0) is 16.8. The van der Waals surface area contributed by atoms with Crippen molar-refractivity contribution >= 4 is 11.6 Å². The highest BCUT2D eigenvalue weighted by atomic mass is 19.1. The van der Waals surface area contributed by atoms with E-state index in [1.54, 1.807) is 23.1 Å². The molecule has 0 aliphatic heterocycles. The molecule has 2 rings (SSSR count). The van der Waals surface area contributed by atoms with E-state index in [0.29, 0.717) is 11.3 Å². The van der Waals surface area contributed by atoms with Gasteiger partial charge in [-0.05, 0) is 31.8 Å². The van der Waals surface area contributed by atoms with Crippen LogP contribution < -0.4 is 5.32 Å². The lowest BCUT2D eigenvalue weighted by Gasteiger charge is -2.10. The van der Waals surface area contributed by atoms with Gasteiger partial charge in [0.25, 0.3) is 0 Å². The van der Waals surface area contributed by atoms with Gasteiger partial charge in [0, 0.05) is 12.7 Å². The fourth-order valence-electron chi connectivity index (χ4n) is 2.07. The van der Waals surface area contributed by atoms with Gasteiger partial charge in [0.15, 0.2) is 0 Å². The Hall–Kier alpha value is -2.25. The van der Waals surface area contributed by atoms with Crippen LogP contribution in [-0.4, -0.2) is 46.3 Å². The van der Waals surface area contributed by atoms with Gasteiger partial charge in [-0.1, -0.05) is 12.1 Å². The van der Waals surface area contributed by atoms with E-state index in [1.807, 2.05) is 19.0 Å². The molecule has 1 aromatic heterocycles. The molecule has 0 radical (unpaired) electrons. The molecule has 0 bridgehead atoms. The molecule has 0 aliphatic rings. The number of hydrogen-bond acceptors (Lipinski definition) is 4. The summed E-state index contributed by atoms with van der Waals surface area (Å²) in [5, 5.41) is 16.8. The summed E-state index contributed by atoms with van der Waals surface area (Å²) in [5.41, 5.74) is 0.946. The smallest absolute Gasteiger partial charge is 0.227 e. The van der Waals surface area contributed by atoms with Gasteiger partial charge < -0.3 is 15.3 Å². The van der Waals surface area contributed by atoms with Crippen LogP contribution in [0.3, 0.4) is 0 Å². The molecule has 0 aliphatic carbocycles. The number of nitrogens with zero attached hydrogens (tertiary/aromatic N) is 3. The summed E-state index contributed by atoms with van der Waals surface area (Å²) in [7, 11) is 3.94. The van der Waals surface area contributed by atoms with Crippen LogP contribution in [0.4, 0.5) is 10.1 Å². The van der Waals surface area contributed by atoms with Crippen molar-refractivity contribution in [3.63, 3.8) is 0 Å². The summed E-state index contributed by atoms with van der Waals surface area (Å²) in [6.07, 6.45) is 2.10. The van der Waals surface area contributed by atoms with Crippen molar-refractivity contribution in [1.82, 2.24) is 14.7 Å². The zero-order valence-corrected chi connectivity index (χ0v) is 13.2. The predicted molar refractivity (Wildman–Crippen MR) is 85.4 cm³/mol. The number of rotatable bonds is 7. The van der Waals surface area contributed by atoms with Crippen LogP contribution in [-0.2, 0) is 11.3 Å². The first-order valence-electron chi connectivity index (χ1n) is 7.34. The van der Waals surface area contributed by atoms with Gasteiger partial charge in [-0.2, -0.15) is 5.10 Å². The second-order valence-electron chi connectivity index (χ2n) is 5.62. The lowest BCUT2D eigenvalue weighted by atomic mass is 10.1. The first-order chi connectivity index (χ1) is 10.9. The van der Waals surface area contributed by atoms with Crippen LogP contribution in [0.5, 0.6) is 0 Å². The number of amides is 1. The predicted octanol–water partition coefficient (Wildman–Crippen LogP) is 1.65. The Bertz CT molecular complexity index is 657. The maximum absolute atomic E-state index is 13.1. The van der Waals surface area contributed by atoms with Gasteiger partial charge in [-0.15, -0.1) is 0 Å². The van der Waals surface area contributed by atoms with Gasteiger partial charge in [-0.3, -0.25) is 9.48 Å². The average molecular weight is 320 g/mol. The van der Waals surface area contributed by atoms with E-state index in [4.69, 9.17) is 0 Å². The average Bonchev–Trinajstić information content (AvgIpc) is 2.92. The van der Waals surface area contributed by atoms with Crippen LogP contribution in [0, 0.1) is 5.82 Å². The fraction of sp³-hybridized carbons (Fsp3) is 0.375. The number of aliphatic hydroxyl groups excluding tert-OH is 1. The number of nitrogens with one attached hydrogen (secondary N) is 1. The van der Waals surface area contributed by atoms with Gasteiger partial charge in [0.1, 0.15) is 5.82 Å². The van der Waals surface area contributed by atoms with Gasteiger partial charge >= 0.3 is 0 Å². The van der Waals surface area contributed by atoms with Crippen molar-refractivity contribution in [2.45, 2.75) is 19.1 Å². The Morgan fingerprint density at radius 1 is 1.48 bits per heavy atom. The van der Waals surface area contributed by atoms with Crippen molar-refractivity contribution in [3.05, 3.63) is 48.0 Å². The monoisotopic (exact) mass is 320 g/mol. The zero-order valence-electron chi connectivity index (χ0n) is 13.2. The minimum atomic E-state index is -1.05. The van der Waals surface area contributed by atoms with Crippen LogP contribution in [0.2, 0.25) is 0 Å². The van der Waals surface area contributed by atoms with E-state index in [-0.39, 0.29) is 12.3 Å². The van der Waals surface area contributed by atoms with Crippen molar-refractivity contribution in [2.24, 2.45) is 0 Å². The molecule has 6 nitrogen and oxygen atoms in total. The molecule has 0 spiro atoms. The molecule has 0 saturated heterocycles. The molecule has 1 heterocycles. The molecule has 0 saturated carbocycles. The summed E-state index contributed by atoms with van der Waals surface area (Å²) in [6.45, 7) is 1.56. The third-order valence-corrected chi connectivity index (χ3v) is 3.31. The quantitative estimate of drug-likeness (QED) is 0.814. The summed E-state index contributed by atoms with van der Waals surface area (Å²) >= 11 is 0. The van der Waals surface area contributed by atoms with Crippen LogP contribution >= 0.6 is 0 Å². The van der Waals surface area contributed by atoms with Gasteiger partial charge in [-0.25, -0.2) is 4.39 Å². The Balaban J connectivity index is 1.87. The standard InChI is InChI=1S/C16H21FN4O2/c1-20(2)6-7-21-11-14(10-18-21)19-16(23)9-15(22)12-4-3-5-13(17)8-12/h3-5,8,10-11,15,22H,6-7,9H2,1-2H3,(H,19,23). The number of carbonyl (C=O) groups excluding carboxylic acids is 1. The summed E-state index contributed by atoms with van der Waals surface area (Å²) < 4.78 is 14.9. The molecule has 23 heavy (non-hydrogen) atoms. The number of anilines is 1. The second-order valence-corrected chi connectivity index (χ2v) is 5.62. The fourth-order valence-corrected chi connectivity index (χ4v) is 2.07. The van der Waals surface area contributed by atoms with Crippen molar-refractivity contribution in [2.75, 3.05) is 26.0 Å². The number of hydrogen-bond donors (Lipinski definition) is 2. The number of carbonyl (C=O) groups is 1. The molecular formula is C16H21FN4O2. The van der Waals surface area contributed by atoms with Gasteiger partial charge in [0.05, 0.1) is 31.0 Å². The summed E-state index contributed by atoms with van der Waals surface area (Å²) in [4.78, 5) is 14.0. The Labute approximate surface area is 134 Å². The minimum absolute atomic E-state index is 0.146. The van der Waals surface area contributed by atoms with E-state index >= 15 is 0 Å². The first kappa shape index (κ1) is 17.1. The second kappa shape index (κ2) is 7.85. The molecule has 2 aromatic rings. The third-order valence-electron chi connectivity index (χ3n) is 3.31. The van der Waals surface area contributed by atoms with E-state index in [0.717, 1.165) is 13.1 Å². The number of aliphatic hydroxyl groups is 1. The SMILES string of the molecule is CN(C)CCn1cc(NC(=O)CC(O)c2cccc(F)c2)cn1. The van der Waals surface area contributed by atoms with Gasteiger partial charge in [0.2, 0.25) is 5.91 Å². The molecule has 1 atom stereocenters. The molecule has 124 valence electrons. The van der Waals surface area contributed by atoms with Crippen LogP contribution in [0.15, 0.2) is 36.7 Å². The number of halogens is 1. The van der Waals surface area contributed by atoms with E-state index < -0.39 is 11.9 Å². The summed E-state index contributed by atoms with van der Waals surface area (Å²) in [5.74, 6) is -0.793. The first-order valence-corrected chi connectivity index (χ1v) is 7.34. The Kier molecular flexibility index (Phi) is 5.84. The topological polar surface area (TPSA) is 70.4 Å². The molecule has 1 aromatic carbocycles. The molecule has 0 fully saturated rings. The summed E-state index contributed by atoms with van der Waals surface area (Å²) in [6, 6.07) is 5.59. The van der Waals surface area contributed by atoms with Crippen molar-refractivity contribution in [1.29, 1.82) is 0 Å². The molecular weight excluding hydrogens is 299 g/mol. The minimum Gasteiger partial charge on any atom is -0.388 e. The van der Waals surface area contributed by atoms with Crippen LogP contribution in [0.1, 0.15) is 18.1 Å². The molecule has 1 unspecified atom stereocenters.